The first kappa shape index (κ1) is 12.8. The van der Waals surface area contributed by atoms with Gasteiger partial charge in [-0.3, -0.25) is 0 Å². The number of nitrogen functional groups attached to an aromatic ring is 1. The number of hydrogen-bond donors (Lipinski definition) is 3. The van der Waals surface area contributed by atoms with Crippen molar-refractivity contribution in [2.45, 2.75) is 6.92 Å². The van der Waals surface area contributed by atoms with E-state index in [1.54, 1.807) is 13.0 Å². The first-order valence-electron chi connectivity index (χ1n) is 5.49. The molecule has 2 rings (SSSR count). The van der Waals surface area contributed by atoms with E-state index in [1.165, 1.54) is 24.4 Å². The number of aromatic carboxylic acids is 1. The minimum Gasteiger partial charge on any atom is -0.478 e. The van der Waals surface area contributed by atoms with Crippen LogP contribution in [0.15, 0.2) is 30.5 Å². The molecule has 0 unspecified atom stereocenters. The summed E-state index contributed by atoms with van der Waals surface area (Å²) in [5.41, 5.74) is 6.87. The summed E-state index contributed by atoms with van der Waals surface area (Å²) in [5, 5.41) is 11.8. The fraction of sp³-hybridized carbons (Fsp3) is 0.0769. The number of aryl methyl sites for hydroxylation is 1. The third kappa shape index (κ3) is 2.79. The molecule has 0 spiro atoms. The van der Waals surface area contributed by atoms with E-state index in [2.05, 4.69) is 10.3 Å². The molecule has 0 amide bonds. The quantitative estimate of drug-likeness (QED) is 0.790. The molecule has 0 aliphatic carbocycles. The van der Waals surface area contributed by atoms with Crippen molar-refractivity contribution in [3.8, 4) is 0 Å². The van der Waals surface area contributed by atoms with Crippen LogP contribution in [0.1, 0.15) is 15.9 Å². The third-order valence-electron chi connectivity index (χ3n) is 2.63. The van der Waals surface area contributed by atoms with Crippen LogP contribution in [0.3, 0.4) is 0 Å². The maximum Gasteiger partial charge on any atom is 0.337 e. The monoisotopic (exact) mass is 261 g/mol. The number of rotatable bonds is 3. The van der Waals surface area contributed by atoms with E-state index >= 15 is 0 Å². The van der Waals surface area contributed by atoms with Crippen LogP contribution < -0.4 is 11.1 Å². The molecule has 2 aromatic rings. The molecule has 1 heterocycles. The van der Waals surface area contributed by atoms with Gasteiger partial charge >= 0.3 is 5.97 Å². The molecule has 0 saturated carbocycles. The molecule has 0 aliphatic heterocycles. The summed E-state index contributed by atoms with van der Waals surface area (Å²) in [6.45, 7) is 1.80. The zero-order valence-electron chi connectivity index (χ0n) is 10.1. The molecule has 0 bridgehead atoms. The molecule has 0 atom stereocenters. The second-order valence-electron chi connectivity index (χ2n) is 4.05. The van der Waals surface area contributed by atoms with Crippen LogP contribution in [0, 0.1) is 12.7 Å². The molecule has 5 nitrogen and oxygen atoms in total. The number of nitrogens with one attached hydrogen (secondary N) is 1. The van der Waals surface area contributed by atoms with E-state index in [-0.39, 0.29) is 17.1 Å². The number of benzene rings is 1. The molecular weight excluding hydrogens is 249 g/mol. The van der Waals surface area contributed by atoms with Gasteiger partial charge in [-0.2, -0.15) is 0 Å². The smallest absolute Gasteiger partial charge is 0.337 e. The minimum atomic E-state index is -1.14. The van der Waals surface area contributed by atoms with Crippen LogP contribution in [0.2, 0.25) is 0 Å². The average Bonchev–Trinajstić information content (AvgIpc) is 2.36. The second kappa shape index (κ2) is 4.93. The van der Waals surface area contributed by atoms with Gasteiger partial charge in [0.05, 0.1) is 17.4 Å². The van der Waals surface area contributed by atoms with Gasteiger partial charge in [-0.15, -0.1) is 0 Å². The molecule has 19 heavy (non-hydrogen) atoms. The fourth-order valence-electron chi connectivity index (χ4n) is 1.59. The van der Waals surface area contributed by atoms with Crippen molar-refractivity contribution in [1.29, 1.82) is 0 Å². The lowest BCUT2D eigenvalue weighted by Crippen LogP contribution is -2.05. The molecule has 4 N–H and O–H groups in total. The Bertz CT molecular complexity index is 644. The number of anilines is 3. The number of pyridine rings is 1. The van der Waals surface area contributed by atoms with Crippen LogP contribution in [-0.4, -0.2) is 16.1 Å². The van der Waals surface area contributed by atoms with E-state index in [1.807, 2.05) is 0 Å². The standard InChI is InChI=1S/C13H12FN3O2/c1-7-2-3-8(14)4-11(7)17-12-5-9(13(18)19)10(15)6-16-12/h2-6H,15H2,1H3,(H,16,17)(H,18,19). The summed E-state index contributed by atoms with van der Waals surface area (Å²) in [4.78, 5) is 14.9. The molecule has 0 aliphatic rings. The third-order valence-corrected chi connectivity index (χ3v) is 2.63. The highest BCUT2D eigenvalue weighted by Gasteiger charge is 2.10. The van der Waals surface area contributed by atoms with Gasteiger partial charge in [0.25, 0.3) is 0 Å². The number of aromatic nitrogens is 1. The van der Waals surface area contributed by atoms with Gasteiger partial charge in [0.1, 0.15) is 11.6 Å². The number of carboxylic acids is 1. The zero-order valence-corrected chi connectivity index (χ0v) is 10.1. The van der Waals surface area contributed by atoms with Crippen molar-refractivity contribution < 1.29 is 14.3 Å². The SMILES string of the molecule is Cc1ccc(F)cc1Nc1cc(C(=O)O)c(N)cn1. The van der Waals surface area contributed by atoms with E-state index in [0.29, 0.717) is 11.5 Å². The second-order valence-corrected chi connectivity index (χ2v) is 4.05. The van der Waals surface area contributed by atoms with Crippen LogP contribution in [-0.2, 0) is 0 Å². The van der Waals surface area contributed by atoms with Gasteiger partial charge in [0.15, 0.2) is 0 Å². The van der Waals surface area contributed by atoms with Gasteiger partial charge in [-0.25, -0.2) is 14.2 Å². The van der Waals surface area contributed by atoms with Crippen molar-refractivity contribution >= 4 is 23.2 Å². The molecule has 0 radical (unpaired) electrons. The largest absolute Gasteiger partial charge is 0.478 e. The summed E-state index contributed by atoms with van der Waals surface area (Å²) in [5.74, 6) is -1.23. The van der Waals surface area contributed by atoms with E-state index in [4.69, 9.17) is 10.8 Å². The maximum absolute atomic E-state index is 13.1. The van der Waals surface area contributed by atoms with E-state index < -0.39 is 5.97 Å². The molecule has 6 heteroatoms. The van der Waals surface area contributed by atoms with E-state index in [0.717, 1.165) is 5.56 Å². The minimum absolute atomic E-state index is 0.0495. The predicted octanol–water partition coefficient (Wildman–Crippen LogP) is 2.55. The van der Waals surface area contributed by atoms with Crippen LogP contribution in [0.4, 0.5) is 21.6 Å². The van der Waals surface area contributed by atoms with Gasteiger partial charge in [0, 0.05) is 5.69 Å². The Morgan fingerprint density at radius 2 is 2.16 bits per heavy atom. The van der Waals surface area contributed by atoms with E-state index in [9.17, 15) is 9.18 Å². The summed E-state index contributed by atoms with van der Waals surface area (Å²) in [7, 11) is 0. The van der Waals surface area contributed by atoms with Gasteiger partial charge < -0.3 is 16.2 Å². The summed E-state index contributed by atoms with van der Waals surface area (Å²) >= 11 is 0. The van der Waals surface area contributed by atoms with Crippen molar-refractivity contribution in [3.63, 3.8) is 0 Å². The summed E-state index contributed by atoms with van der Waals surface area (Å²) < 4.78 is 13.1. The highest BCUT2D eigenvalue weighted by Crippen LogP contribution is 2.22. The van der Waals surface area contributed by atoms with Gasteiger partial charge in [-0.1, -0.05) is 6.07 Å². The Balaban J connectivity index is 2.36. The predicted molar refractivity (Wildman–Crippen MR) is 70.0 cm³/mol. The molecule has 1 aromatic carbocycles. The lowest BCUT2D eigenvalue weighted by atomic mass is 10.2. The van der Waals surface area contributed by atoms with Crippen LogP contribution >= 0.6 is 0 Å². The lowest BCUT2D eigenvalue weighted by molar-refractivity contribution is 0.0698. The zero-order chi connectivity index (χ0) is 14.0. The first-order chi connectivity index (χ1) is 8.97. The van der Waals surface area contributed by atoms with Crippen LogP contribution in [0.25, 0.3) is 0 Å². The average molecular weight is 261 g/mol. The molecular formula is C13H12FN3O2. The van der Waals surface area contributed by atoms with Gasteiger partial charge in [0.2, 0.25) is 0 Å². The Kier molecular flexibility index (Phi) is 3.33. The maximum atomic E-state index is 13.1. The Hall–Kier alpha value is -2.63. The number of nitrogens with two attached hydrogens (primary N) is 1. The normalized spacial score (nSPS) is 10.2. The summed E-state index contributed by atoms with van der Waals surface area (Å²) in [6.07, 6.45) is 1.25. The van der Waals surface area contributed by atoms with Gasteiger partial charge in [-0.05, 0) is 30.7 Å². The topological polar surface area (TPSA) is 88.2 Å². The Morgan fingerprint density at radius 3 is 2.84 bits per heavy atom. The van der Waals surface area contributed by atoms with Crippen LogP contribution in [0.5, 0.6) is 0 Å². The lowest BCUT2D eigenvalue weighted by Gasteiger charge is -2.10. The number of carboxylic acid groups (broad SMARTS) is 1. The van der Waals surface area contributed by atoms with Crippen molar-refractivity contribution in [2.24, 2.45) is 0 Å². The van der Waals surface area contributed by atoms with Crippen molar-refractivity contribution in [3.05, 3.63) is 47.4 Å². The molecule has 98 valence electrons. The number of hydrogen-bond acceptors (Lipinski definition) is 4. The Labute approximate surface area is 108 Å². The number of halogens is 1. The number of carbonyl (C=O) groups is 1. The van der Waals surface area contributed by atoms with Crippen molar-refractivity contribution in [2.75, 3.05) is 11.1 Å². The Morgan fingerprint density at radius 1 is 1.42 bits per heavy atom. The molecule has 0 saturated heterocycles. The summed E-state index contributed by atoms with van der Waals surface area (Å²) in [6, 6.07) is 5.59. The fourth-order valence-corrected chi connectivity index (χ4v) is 1.59. The van der Waals surface area contributed by atoms with Crippen molar-refractivity contribution in [1.82, 2.24) is 4.98 Å². The molecule has 0 fully saturated rings. The first-order valence-corrected chi connectivity index (χ1v) is 5.49. The highest BCUT2D eigenvalue weighted by molar-refractivity contribution is 5.94. The molecule has 1 aromatic heterocycles. The highest BCUT2D eigenvalue weighted by atomic mass is 19.1. The number of nitrogens with zero attached hydrogens (tertiary/aromatic N) is 1.